The number of hydrogen-bond acceptors (Lipinski definition) is 5. The molecular formula is C15H21N5O2S. The third-order valence-electron chi connectivity index (χ3n) is 4.18. The Bertz CT molecular complexity index is 787. The summed E-state index contributed by atoms with van der Waals surface area (Å²) in [6, 6.07) is 0. The smallest absolute Gasteiger partial charge is 0.211 e. The third kappa shape index (κ3) is 3.76. The minimum Gasteiger partial charge on any atom is -0.333 e. The Morgan fingerprint density at radius 1 is 1.35 bits per heavy atom. The van der Waals surface area contributed by atoms with Crippen molar-refractivity contribution in [2.24, 2.45) is 13.0 Å². The highest BCUT2D eigenvalue weighted by Crippen LogP contribution is 2.22. The van der Waals surface area contributed by atoms with Gasteiger partial charge in [-0.05, 0) is 25.2 Å². The fraction of sp³-hybridized carbons (Fsp3) is 0.533. The average Bonchev–Trinajstić information content (AvgIpc) is 2.93. The summed E-state index contributed by atoms with van der Waals surface area (Å²) in [5, 5.41) is 0. The SMILES string of the molecule is Cn1ccnc1-c1cncc(CC2CCCN(S(C)(=O)=O)C2)n1. The lowest BCUT2D eigenvalue weighted by Crippen LogP contribution is -2.39. The van der Waals surface area contributed by atoms with Crippen molar-refractivity contribution >= 4 is 10.0 Å². The number of imidazole rings is 1. The first-order valence-electron chi connectivity index (χ1n) is 7.67. The van der Waals surface area contributed by atoms with Gasteiger partial charge in [-0.15, -0.1) is 0 Å². The van der Waals surface area contributed by atoms with Gasteiger partial charge in [0.1, 0.15) is 5.69 Å². The van der Waals surface area contributed by atoms with E-state index >= 15 is 0 Å². The largest absolute Gasteiger partial charge is 0.333 e. The Morgan fingerprint density at radius 2 is 2.17 bits per heavy atom. The molecule has 7 nitrogen and oxygen atoms in total. The van der Waals surface area contributed by atoms with Crippen LogP contribution in [0.25, 0.3) is 11.5 Å². The molecule has 0 amide bonds. The summed E-state index contributed by atoms with van der Waals surface area (Å²) in [5.74, 6) is 1.06. The van der Waals surface area contributed by atoms with Crippen LogP contribution in [-0.2, 0) is 23.5 Å². The molecule has 3 rings (SSSR count). The van der Waals surface area contributed by atoms with Crippen LogP contribution >= 0.6 is 0 Å². The highest BCUT2D eigenvalue weighted by atomic mass is 32.2. The lowest BCUT2D eigenvalue weighted by Gasteiger charge is -2.30. The van der Waals surface area contributed by atoms with E-state index in [2.05, 4.69) is 15.0 Å². The van der Waals surface area contributed by atoms with Crippen molar-refractivity contribution in [1.29, 1.82) is 0 Å². The molecule has 0 N–H and O–H groups in total. The van der Waals surface area contributed by atoms with Crippen molar-refractivity contribution in [2.75, 3.05) is 19.3 Å². The van der Waals surface area contributed by atoms with E-state index in [1.807, 2.05) is 17.8 Å². The molecule has 1 unspecified atom stereocenters. The molecule has 23 heavy (non-hydrogen) atoms. The van der Waals surface area contributed by atoms with E-state index in [0.717, 1.165) is 36.5 Å². The number of sulfonamides is 1. The highest BCUT2D eigenvalue weighted by molar-refractivity contribution is 7.88. The van der Waals surface area contributed by atoms with Crippen LogP contribution in [0.4, 0.5) is 0 Å². The molecule has 0 spiro atoms. The van der Waals surface area contributed by atoms with Crippen LogP contribution in [0.5, 0.6) is 0 Å². The van der Waals surface area contributed by atoms with Crippen molar-refractivity contribution in [3.8, 4) is 11.5 Å². The molecule has 1 atom stereocenters. The van der Waals surface area contributed by atoms with Crippen LogP contribution in [0.2, 0.25) is 0 Å². The molecule has 3 heterocycles. The van der Waals surface area contributed by atoms with Crippen LogP contribution in [0, 0.1) is 5.92 Å². The molecule has 0 saturated carbocycles. The molecule has 0 aliphatic carbocycles. The van der Waals surface area contributed by atoms with Gasteiger partial charge in [0.15, 0.2) is 5.82 Å². The van der Waals surface area contributed by atoms with E-state index in [1.54, 1.807) is 22.9 Å². The monoisotopic (exact) mass is 335 g/mol. The van der Waals surface area contributed by atoms with E-state index in [4.69, 9.17) is 0 Å². The number of piperidine rings is 1. The second-order valence-corrected chi connectivity index (χ2v) is 8.07. The van der Waals surface area contributed by atoms with Crippen LogP contribution < -0.4 is 0 Å². The Hall–Kier alpha value is -1.80. The Kier molecular flexibility index (Phi) is 4.45. The van der Waals surface area contributed by atoms with Gasteiger partial charge in [0.05, 0.1) is 18.1 Å². The Labute approximate surface area is 136 Å². The topological polar surface area (TPSA) is 81.0 Å². The molecule has 2 aromatic rings. The number of rotatable bonds is 4. The molecule has 2 aromatic heterocycles. The molecule has 1 aliphatic heterocycles. The maximum atomic E-state index is 11.7. The first-order chi connectivity index (χ1) is 10.9. The molecule has 0 radical (unpaired) electrons. The Morgan fingerprint density at radius 3 is 2.87 bits per heavy atom. The van der Waals surface area contributed by atoms with Crippen molar-refractivity contribution in [3.63, 3.8) is 0 Å². The van der Waals surface area contributed by atoms with Crippen molar-refractivity contribution in [2.45, 2.75) is 19.3 Å². The van der Waals surface area contributed by atoms with E-state index < -0.39 is 10.0 Å². The van der Waals surface area contributed by atoms with Gasteiger partial charge in [-0.25, -0.2) is 22.7 Å². The quantitative estimate of drug-likeness (QED) is 0.835. The number of aryl methyl sites for hydroxylation is 1. The average molecular weight is 335 g/mol. The first kappa shape index (κ1) is 16.1. The summed E-state index contributed by atoms with van der Waals surface area (Å²) in [5.41, 5.74) is 1.62. The van der Waals surface area contributed by atoms with Gasteiger partial charge >= 0.3 is 0 Å². The summed E-state index contributed by atoms with van der Waals surface area (Å²) in [4.78, 5) is 13.2. The van der Waals surface area contributed by atoms with Crippen molar-refractivity contribution < 1.29 is 8.42 Å². The van der Waals surface area contributed by atoms with Gasteiger partial charge < -0.3 is 4.57 Å². The minimum absolute atomic E-state index is 0.282. The van der Waals surface area contributed by atoms with Crippen LogP contribution in [0.15, 0.2) is 24.8 Å². The fourth-order valence-electron chi connectivity index (χ4n) is 3.02. The predicted octanol–water partition coefficient (Wildman–Crippen LogP) is 1.09. The van der Waals surface area contributed by atoms with Gasteiger partial charge in [0.2, 0.25) is 10.0 Å². The predicted molar refractivity (Wildman–Crippen MR) is 87.1 cm³/mol. The van der Waals surface area contributed by atoms with Gasteiger partial charge in [-0.1, -0.05) is 0 Å². The van der Waals surface area contributed by atoms with Crippen LogP contribution in [-0.4, -0.2) is 51.6 Å². The molecule has 0 aromatic carbocycles. The number of hydrogen-bond donors (Lipinski definition) is 0. The molecule has 8 heteroatoms. The van der Waals surface area contributed by atoms with Gasteiger partial charge in [-0.2, -0.15) is 0 Å². The van der Waals surface area contributed by atoms with E-state index in [9.17, 15) is 8.42 Å². The minimum atomic E-state index is -3.12. The zero-order valence-electron chi connectivity index (χ0n) is 13.4. The molecule has 1 fully saturated rings. The molecular weight excluding hydrogens is 314 g/mol. The summed E-state index contributed by atoms with van der Waals surface area (Å²) >= 11 is 0. The van der Waals surface area contributed by atoms with Crippen molar-refractivity contribution in [1.82, 2.24) is 23.8 Å². The maximum absolute atomic E-state index is 11.7. The van der Waals surface area contributed by atoms with Gasteiger partial charge in [-0.3, -0.25) is 4.98 Å². The zero-order valence-corrected chi connectivity index (χ0v) is 14.2. The first-order valence-corrected chi connectivity index (χ1v) is 9.52. The summed E-state index contributed by atoms with van der Waals surface area (Å²) in [6.07, 6.45) is 11.0. The maximum Gasteiger partial charge on any atom is 0.211 e. The lowest BCUT2D eigenvalue weighted by atomic mass is 9.95. The standard InChI is InChI=1S/C15H21N5O2S/c1-19-7-5-17-15(19)14-10-16-9-13(18-14)8-12-4-3-6-20(11-12)23(2,21)22/h5,7,9-10,12H,3-4,6,8,11H2,1-2H3. The third-order valence-corrected chi connectivity index (χ3v) is 5.45. The second-order valence-electron chi connectivity index (χ2n) is 6.09. The summed E-state index contributed by atoms with van der Waals surface area (Å²) < 4.78 is 26.9. The number of nitrogens with zero attached hydrogens (tertiary/aromatic N) is 5. The second kappa shape index (κ2) is 6.37. The fourth-order valence-corrected chi connectivity index (χ4v) is 3.96. The lowest BCUT2D eigenvalue weighted by molar-refractivity contribution is 0.265. The normalized spacial score (nSPS) is 19.8. The van der Waals surface area contributed by atoms with Gasteiger partial charge in [0.25, 0.3) is 0 Å². The molecule has 1 aliphatic rings. The highest BCUT2D eigenvalue weighted by Gasteiger charge is 2.26. The Balaban J connectivity index is 1.75. The molecule has 0 bridgehead atoms. The van der Waals surface area contributed by atoms with E-state index in [-0.39, 0.29) is 5.92 Å². The zero-order chi connectivity index (χ0) is 16.4. The van der Waals surface area contributed by atoms with E-state index in [0.29, 0.717) is 13.1 Å². The summed E-state index contributed by atoms with van der Waals surface area (Å²) in [6.45, 7) is 1.18. The van der Waals surface area contributed by atoms with Crippen molar-refractivity contribution in [3.05, 3.63) is 30.5 Å². The molecule has 1 saturated heterocycles. The molecule has 124 valence electrons. The van der Waals surface area contributed by atoms with Crippen LogP contribution in [0.3, 0.4) is 0 Å². The summed E-state index contributed by atoms with van der Waals surface area (Å²) in [7, 11) is -1.20. The number of aromatic nitrogens is 4. The van der Waals surface area contributed by atoms with Gasteiger partial charge in [0, 0.05) is 38.7 Å². The van der Waals surface area contributed by atoms with E-state index in [1.165, 1.54) is 6.26 Å². The van der Waals surface area contributed by atoms with Crippen LogP contribution in [0.1, 0.15) is 18.5 Å².